The third-order valence-electron chi connectivity index (χ3n) is 4.84. The van der Waals surface area contributed by atoms with Gasteiger partial charge in [0.25, 0.3) is 0 Å². The molecule has 3 rings (SSSR count). The molecule has 1 fully saturated rings. The van der Waals surface area contributed by atoms with Crippen LogP contribution in [-0.2, 0) is 9.59 Å². The largest absolute Gasteiger partial charge is 0.492 e. The predicted molar refractivity (Wildman–Crippen MR) is 95.5 cm³/mol. The van der Waals surface area contributed by atoms with Gasteiger partial charge in [-0.15, -0.1) is 0 Å². The number of carboxylic acid groups (broad SMARTS) is 1. The third kappa shape index (κ3) is 4.50. The van der Waals surface area contributed by atoms with Crippen molar-refractivity contribution in [3.05, 3.63) is 42.5 Å². The summed E-state index contributed by atoms with van der Waals surface area (Å²) >= 11 is 0. The quantitative estimate of drug-likeness (QED) is 0.791. The first-order valence-corrected chi connectivity index (χ1v) is 8.75. The highest BCUT2D eigenvalue weighted by molar-refractivity contribution is 5.83. The molecule has 0 heterocycles. The lowest BCUT2D eigenvalue weighted by molar-refractivity contribution is -0.144. The molecule has 0 atom stereocenters. The Morgan fingerprint density at radius 3 is 2.40 bits per heavy atom. The van der Waals surface area contributed by atoms with Gasteiger partial charge in [0.1, 0.15) is 12.4 Å². The molecule has 0 aromatic heterocycles. The van der Waals surface area contributed by atoms with Crippen LogP contribution in [0.1, 0.15) is 25.7 Å². The number of carboxylic acids is 1. The second kappa shape index (κ2) is 8.01. The summed E-state index contributed by atoms with van der Waals surface area (Å²) in [6.07, 6.45) is 2.46. The molecule has 25 heavy (non-hydrogen) atoms. The highest BCUT2D eigenvalue weighted by Crippen LogP contribution is 2.29. The van der Waals surface area contributed by atoms with Gasteiger partial charge in [-0.2, -0.15) is 0 Å². The average Bonchev–Trinajstić information content (AvgIpc) is 2.65. The summed E-state index contributed by atoms with van der Waals surface area (Å²) in [4.78, 5) is 23.1. The molecule has 5 heteroatoms. The molecule has 2 aromatic carbocycles. The van der Waals surface area contributed by atoms with Gasteiger partial charge in [-0.25, -0.2) is 0 Å². The second-order valence-electron chi connectivity index (χ2n) is 6.54. The van der Waals surface area contributed by atoms with Crippen molar-refractivity contribution in [1.82, 2.24) is 5.32 Å². The number of amides is 1. The number of hydrogen-bond acceptors (Lipinski definition) is 3. The topological polar surface area (TPSA) is 75.6 Å². The lowest BCUT2D eigenvalue weighted by Crippen LogP contribution is -2.36. The molecule has 0 radical (unpaired) electrons. The number of carbonyl (C=O) groups is 2. The molecule has 2 aromatic rings. The van der Waals surface area contributed by atoms with E-state index in [1.54, 1.807) is 0 Å². The molecule has 1 saturated carbocycles. The van der Waals surface area contributed by atoms with E-state index in [0.29, 0.717) is 38.8 Å². The number of aliphatic carboxylic acids is 1. The minimum atomic E-state index is -0.748. The summed E-state index contributed by atoms with van der Waals surface area (Å²) in [6.45, 7) is 0.860. The van der Waals surface area contributed by atoms with Crippen molar-refractivity contribution < 1.29 is 19.4 Å². The molecule has 0 aliphatic heterocycles. The Kier molecular flexibility index (Phi) is 5.53. The Labute approximate surface area is 147 Å². The molecular weight excluding hydrogens is 318 g/mol. The van der Waals surface area contributed by atoms with Crippen LogP contribution in [0, 0.1) is 11.8 Å². The Hall–Kier alpha value is -2.56. The molecule has 0 unspecified atom stereocenters. The van der Waals surface area contributed by atoms with Gasteiger partial charge in [-0.05, 0) is 48.6 Å². The van der Waals surface area contributed by atoms with Gasteiger partial charge < -0.3 is 15.2 Å². The maximum Gasteiger partial charge on any atom is 0.306 e. The molecule has 0 spiro atoms. The summed E-state index contributed by atoms with van der Waals surface area (Å²) < 4.78 is 5.71. The fourth-order valence-electron chi connectivity index (χ4n) is 3.35. The van der Waals surface area contributed by atoms with E-state index in [4.69, 9.17) is 9.84 Å². The lowest BCUT2D eigenvalue weighted by Gasteiger charge is -2.25. The van der Waals surface area contributed by atoms with Gasteiger partial charge in [-0.3, -0.25) is 9.59 Å². The van der Waals surface area contributed by atoms with E-state index < -0.39 is 5.97 Å². The highest BCUT2D eigenvalue weighted by Gasteiger charge is 2.29. The number of rotatable bonds is 6. The molecule has 1 aliphatic rings. The van der Waals surface area contributed by atoms with Crippen molar-refractivity contribution >= 4 is 22.6 Å². The van der Waals surface area contributed by atoms with E-state index in [9.17, 15) is 9.59 Å². The number of nitrogens with one attached hydrogen (secondary N) is 1. The normalized spacial score (nSPS) is 20.2. The van der Waals surface area contributed by atoms with Crippen molar-refractivity contribution in [1.29, 1.82) is 0 Å². The van der Waals surface area contributed by atoms with E-state index >= 15 is 0 Å². The monoisotopic (exact) mass is 341 g/mol. The first-order chi connectivity index (χ1) is 12.1. The smallest absolute Gasteiger partial charge is 0.306 e. The van der Waals surface area contributed by atoms with Crippen LogP contribution in [0.5, 0.6) is 5.75 Å². The highest BCUT2D eigenvalue weighted by atomic mass is 16.5. The second-order valence-corrected chi connectivity index (χ2v) is 6.54. The number of hydrogen-bond donors (Lipinski definition) is 2. The maximum atomic E-state index is 12.1. The van der Waals surface area contributed by atoms with Crippen LogP contribution in [0.15, 0.2) is 42.5 Å². The summed E-state index contributed by atoms with van der Waals surface area (Å²) in [6, 6.07) is 14.0. The van der Waals surface area contributed by atoms with Crippen LogP contribution < -0.4 is 10.1 Å². The number of benzene rings is 2. The zero-order valence-electron chi connectivity index (χ0n) is 14.1. The zero-order chi connectivity index (χ0) is 17.6. The Morgan fingerprint density at radius 2 is 1.68 bits per heavy atom. The van der Waals surface area contributed by atoms with Crippen LogP contribution in [0.4, 0.5) is 0 Å². The molecule has 1 amide bonds. The summed E-state index contributed by atoms with van der Waals surface area (Å²) in [5, 5.41) is 14.2. The zero-order valence-corrected chi connectivity index (χ0v) is 14.1. The lowest BCUT2D eigenvalue weighted by atomic mass is 9.81. The van der Waals surface area contributed by atoms with Crippen molar-refractivity contribution in [2.75, 3.05) is 13.2 Å². The number of carbonyl (C=O) groups excluding carboxylic acids is 1. The van der Waals surface area contributed by atoms with E-state index in [-0.39, 0.29) is 17.7 Å². The summed E-state index contributed by atoms with van der Waals surface area (Å²) in [7, 11) is 0. The first-order valence-electron chi connectivity index (χ1n) is 8.75. The molecule has 132 valence electrons. The number of ether oxygens (including phenoxy) is 1. The van der Waals surface area contributed by atoms with Crippen LogP contribution in [0.2, 0.25) is 0 Å². The SMILES string of the molecule is O=C(O)C1CCC(C(=O)NCCOc2ccc3ccccc3c2)CC1. The van der Waals surface area contributed by atoms with E-state index in [1.807, 2.05) is 36.4 Å². The van der Waals surface area contributed by atoms with Gasteiger partial charge in [0.2, 0.25) is 5.91 Å². The minimum absolute atomic E-state index is 0.00551. The summed E-state index contributed by atoms with van der Waals surface area (Å²) in [5.41, 5.74) is 0. The average molecular weight is 341 g/mol. The standard InChI is InChI=1S/C20H23NO4/c22-19(15-5-7-16(8-6-15)20(23)24)21-11-12-25-18-10-9-14-3-1-2-4-17(14)13-18/h1-4,9-10,13,15-16H,5-8,11-12H2,(H,21,22)(H,23,24). The number of fused-ring (bicyclic) bond motifs is 1. The van der Waals surface area contributed by atoms with Crippen molar-refractivity contribution in [2.45, 2.75) is 25.7 Å². The fourth-order valence-corrected chi connectivity index (χ4v) is 3.35. The molecule has 2 N–H and O–H groups in total. The fraction of sp³-hybridized carbons (Fsp3) is 0.400. The van der Waals surface area contributed by atoms with Gasteiger partial charge in [0.15, 0.2) is 0 Å². The molecule has 1 aliphatic carbocycles. The third-order valence-corrected chi connectivity index (χ3v) is 4.84. The van der Waals surface area contributed by atoms with Gasteiger partial charge in [-0.1, -0.05) is 30.3 Å². The molecular formula is C20H23NO4. The van der Waals surface area contributed by atoms with Crippen LogP contribution >= 0.6 is 0 Å². The van der Waals surface area contributed by atoms with E-state index in [2.05, 4.69) is 11.4 Å². The summed E-state index contributed by atoms with van der Waals surface area (Å²) in [5.74, 6) is -0.319. The van der Waals surface area contributed by atoms with E-state index in [1.165, 1.54) is 5.39 Å². The molecule has 0 saturated heterocycles. The van der Waals surface area contributed by atoms with Gasteiger partial charge in [0, 0.05) is 5.92 Å². The predicted octanol–water partition coefficient (Wildman–Crippen LogP) is 3.23. The van der Waals surface area contributed by atoms with E-state index in [0.717, 1.165) is 11.1 Å². The first kappa shape index (κ1) is 17.3. The Bertz CT molecular complexity index is 750. The Balaban J connectivity index is 1.40. The van der Waals surface area contributed by atoms with Gasteiger partial charge in [0.05, 0.1) is 12.5 Å². The maximum absolute atomic E-state index is 12.1. The van der Waals surface area contributed by atoms with Crippen LogP contribution in [-0.4, -0.2) is 30.1 Å². The minimum Gasteiger partial charge on any atom is -0.492 e. The van der Waals surface area contributed by atoms with Crippen LogP contribution in [0.25, 0.3) is 10.8 Å². The van der Waals surface area contributed by atoms with Gasteiger partial charge >= 0.3 is 5.97 Å². The van der Waals surface area contributed by atoms with Crippen molar-refractivity contribution in [3.8, 4) is 5.75 Å². The molecule has 0 bridgehead atoms. The van der Waals surface area contributed by atoms with Crippen molar-refractivity contribution in [3.63, 3.8) is 0 Å². The van der Waals surface area contributed by atoms with Crippen LogP contribution in [0.3, 0.4) is 0 Å². The molecule has 5 nitrogen and oxygen atoms in total. The Morgan fingerprint density at radius 1 is 1.00 bits per heavy atom. The van der Waals surface area contributed by atoms with Crippen molar-refractivity contribution in [2.24, 2.45) is 11.8 Å².